The lowest BCUT2D eigenvalue weighted by Crippen LogP contribution is -2.41. The molecule has 1 saturated heterocycles. The van der Waals surface area contributed by atoms with E-state index in [-0.39, 0.29) is 36.0 Å². The lowest BCUT2D eigenvalue weighted by atomic mass is 10.2. The van der Waals surface area contributed by atoms with Crippen molar-refractivity contribution in [2.45, 2.75) is 36.7 Å². The van der Waals surface area contributed by atoms with Crippen LogP contribution in [0.2, 0.25) is 0 Å². The minimum Gasteiger partial charge on any atom is -0.392 e. The van der Waals surface area contributed by atoms with E-state index in [9.17, 15) is 21.9 Å². The van der Waals surface area contributed by atoms with Crippen LogP contribution < -0.4 is 0 Å². The Balaban J connectivity index is 1.92. The van der Waals surface area contributed by atoms with Crippen molar-refractivity contribution in [3.05, 3.63) is 59.7 Å². The Labute approximate surface area is 197 Å². The first-order valence-electron chi connectivity index (χ1n) is 11.0. The first-order valence-corrected chi connectivity index (χ1v) is 13.9. The summed E-state index contributed by atoms with van der Waals surface area (Å²) < 4.78 is 56.1. The van der Waals surface area contributed by atoms with Crippen molar-refractivity contribution in [2.75, 3.05) is 45.8 Å². The SMILES string of the molecule is Cc1ccc(S(=O)(=O)N2CCN(CC(C)O)CCN(S(=O)(=O)c3ccc(C)cc3)CC2)cc1. The van der Waals surface area contributed by atoms with Gasteiger partial charge in [-0.2, -0.15) is 8.61 Å². The summed E-state index contributed by atoms with van der Waals surface area (Å²) in [5.74, 6) is 0. The largest absolute Gasteiger partial charge is 0.392 e. The second kappa shape index (κ2) is 10.6. The van der Waals surface area contributed by atoms with E-state index < -0.39 is 26.2 Å². The lowest BCUT2D eigenvalue weighted by Gasteiger charge is -2.26. The maximum absolute atomic E-state index is 13.4. The number of sulfonamides is 2. The average molecular weight is 496 g/mol. The third-order valence-corrected chi connectivity index (χ3v) is 9.60. The van der Waals surface area contributed by atoms with Crippen LogP contribution in [0.4, 0.5) is 0 Å². The third-order valence-electron chi connectivity index (χ3n) is 5.77. The molecule has 182 valence electrons. The minimum atomic E-state index is -3.80. The molecule has 0 aliphatic carbocycles. The van der Waals surface area contributed by atoms with Gasteiger partial charge in [-0.05, 0) is 45.0 Å². The normalized spacial score (nSPS) is 18.9. The number of aryl methyl sites for hydroxylation is 2. The fourth-order valence-electron chi connectivity index (χ4n) is 3.82. The fourth-order valence-corrected chi connectivity index (χ4v) is 6.66. The molecule has 0 bridgehead atoms. The fraction of sp³-hybridized carbons (Fsp3) is 0.478. The second-order valence-electron chi connectivity index (χ2n) is 8.58. The molecule has 1 aliphatic heterocycles. The topological polar surface area (TPSA) is 98.2 Å². The third kappa shape index (κ3) is 6.40. The predicted octanol–water partition coefficient (Wildman–Crippen LogP) is 1.68. The highest BCUT2D eigenvalue weighted by atomic mass is 32.2. The minimum absolute atomic E-state index is 0.0455. The molecule has 2 aromatic carbocycles. The Morgan fingerprint density at radius 2 is 1.03 bits per heavy atom. The summed E-state index contributed by atoms with van der Waals surface area (Å²) in [4.78, 5) is 2.27. The number of benzene rings is 2. The zero-order chi connectivity index (χ0) is 24.2. The van der Waals surface area contributed by atoms with Crippen LogP contribution in [0.25, 0.3) is 0 Å². The molecule has 1 fully saturated rings. The molecule has 1 aliphatic rings. The van der Waals surface area contributed by atoms with E-state index in [0.717, 1.165) is 11.1 Å². The Morgan fingerprint density at radius 3 is 1.36 bits per heavy atom. The Kier molecular flexibility index (Phi) is 8.31. The molecular weight excluding hydrogens is 462 g/mol. The predicted molar refractivity (Wildman–Crippen MR) is 128 cm³/mol. The molecule has 1 N–H and O–H groups in total. The van der Waals surface area contributed by atoms with Gasteiger partial charge in [-0.25, -0.2) is 16.8 Å². The molecule has 2 aromatic rings. The van der Waals surface area contributed by atoms with Gasteiger partial charge in [0.2, 0.25) is 20.0 Å². The smallest absolute Gasteiger partial charge is 0.243 e. The quantitative estimate of drug-likeness (QED) is 0.655. The van der Waals surface area contributed by atoms with Crippen molar-refractivity contribution in [3.63, 3.8) is 0 Å². The zero-order valence-corrected chi connectivity index (χ0v) is 21.0. The summed E-state index contributed by atoms with van der Waals surface area (Å²) >= 11 is 0. The van der Waals surface area contributed by atoms with Crippen molar-refractivity contribution in [1.29, 1.82) is 0 Å². The molecule has 0 saturated carbocycles. The van der Waals surface area contributed by atoms with E-state index >= 15 is 0 Å². The first kappa shape index (κ1) is 25.8. The molecule has 1 atom stereocenters. The van der Waals surface area contributed by atoms with E-state index in [4.69, 9.17) is 0 Å². The summed E-state index contributed by atoms with van der Waals surface area (Å²) in [6.45, 7) is 7.07. The van der Waals surface area contributed by atoms with Crippen molar-refractivity contribution in [3.8, 4) is 0 Å². The lowest BCUT2D eigenvalue weighted by molar-refractivity contribution is 0.123. The highest BCUT2D eigenvalue weighted by Gasteiger charge is 2.31. The van der Waals surface area contributed by atoms with E-state index in [1.165, 1.54) is 8.61 Å². The molecule has 3 rings (SSSR count). The summed E-state index contributed by atoms with van der Waals surface area (Å²) in [7, 11) is -7.61. The van der Waals surface area contributed by atoms with Crippen LogP contribution in [-0.4, -0.2) is 87.4 Å². The summed E-state index contributed by atoms with van der Waals surface area (Å²) in [5, 5.41) is 9.89. The zero-order valence-electron chi connectivity index (χ0n) is 19.4. The number of nitrogens with zero attached hydrogens (tertiary/aromatic N) is 3. The highest BCUT2D eigenvalue weighted by Crippen LogP contribution is 2.20. The molecule has 0 spiro atoms. The van der Waals surface area contributed by atoms with Crippen LogP contribution >= 0.6 is 0 Å². The van der Waals surface area contributed by atoms with Crippen LogP contribution in [0.15, 0.2) is 58.3 Å². The molecule has 0 aromatic heterocycles. The van der Waals surface area contributed by atoms with Gasteiger partial charge in [0.1, 0.15) is 0 Å². The van der Waals surface area contributed by atoms with E-state index in [1.807, 2.05) is 18.7 Å². The number of hydrogen-bond acceptors (Lipinski definition) is 6. The van der Waals surface area contributed by atoms with Crippen LogP contribution in [0.5, 0.6) is 0 Å². The van der Waals surface area contributed by atoms with Gasteiger partial charge in [0.05, 0.1) is 15.9 Å². The number of rotatable bonds is 6. The molecule has 0 amide bonds. The molecule has 33 heavy (non-hydrogen) atoms. The number of hydrogen-bond donors (Lipinski definition) is 1. The molecule has 1 heterocycles. The molecule has 10 heteroatoms. The number of aliphatic hydroxyl groups excluding tert-OH is 1. The molecular formula is C23H33N3O5S2. The van der Waals surface area contributed by atoms with E-state index in [2.05, 4.69) is 0 Å². The van der Waals surface area contributed by atoms with Crippen LogP contribution in [0.1, 0.15) is 18.1 Å². The van der Waals surface area contributed by atoms with Crippen molar-refractivity contribution >= 4 is 20.0 Å². The van der Waals surface area contributed by atoms with Gasteiger partial charge < -0.3 is 5.11 Å². The summed E-state index contributed by atoms with van der Waals surface area (Å²) in [5.41, 5.74) is 1.91. The van der Waals surface area contributed by atoms with Gasteiger partial charge in [0.25, 0.3) is 0 Å². The van der Waals surface area contributed by atoms with Crippen LogP contribution in [0, 0.1) is 13.8 Å². The summed E-state index contributed by atoms with van der Waals surface area (Å²) in [6.07, 6.45) is -0.616. The van der Waals surface area contributed by atoms with Crippen molar-refractivity contribution in [2.24, 2.45) is 0 Å². The average Bonchev–Trinajstić information content (AvgIpc) is 2.85. The van der Waals surface area contributed by atoms with Gasteiger partial charge in [0, 0.05) is 45.8 Å². The number of β-amino-alcohol motifs (C(OH)–C–C–N with tert-alkyl or cyclic N) is 1. The maximum atomic E-state index is 13.4. The van der Waals surface area contributed by atoms with E-state index in [0.29, 0.717) is 19.6 Å². The maximum Gasteiger partial charge on any atom is 0.243 e. The number of aliphatic hydroxyl groups is 1. The Morgan fingerprint density at radius 1 is 0.697 bits per heavy atom. The van der Waals surface area contributed by atoms with Gasteiger partial charge in [0.15, 0.2) is 0 Å². The standard InChI is InChI=1S/C23H33N3O5S2/c1-19-4-8-22(9-5-19)32(28,29)25-14-12-24(18-21(3)27)13-15-26(17-16-25)33(30,31)23-10-6-20(2)7-11-23/h4-11,21,27H,12-18H2,1-3H3. The van der Waals surface area contributed by atoms with Gasteiger partial charge in [-0.15, -0.1) is 0 Å². The Hall–Kier alpha value is -1.82. The van der Waals surface area contributed by atoms with Crippen LogP contribution in [0.3, 0.4) is 0 Å². The Bertz CT molecular complexity index is 1040. The van der Waals surface area contributed by atoms with E-state index in [1.54, 1.807) is 55.5 Å². The van der Waals surface area contributed by atoms with Crippen LogP contribution in [-0.2, 0) is 20.0 Å². The second-order valence-corrected chi connectivity index (χ2v) is 12.5. The first-order chi connectivity index (χ1) is 15.5. The van der Waals surface area contributed by atoms with Gasteiger partial charge in [-0.3, -0.25) is 4.90 Å². The van der Waals surface area contributed by atoms with Crippen molar-refractivity contribution in [1.82, 2.24) is 13.5 Å². The van der Waals surface area contributed by atoms with Crippen molar-refractivity contribution < 1.29 is 21.9 Å². The monoisotopic (exact) mass is 495 g/mol. The van der Waals surface area contributed by atoms with Gasteiger partial charge in [-0.1, -0.05) is 35.4 Å². The highest BCUT2D eigenvalue weighted by molar-refractivity contribution is 7.89. The summed E-state index contributed by atoms with van der Waals surface area (Å²) in [6, 6.07) is 13.3. The van der Waals surface area contributed by atoms with Gasteiger partial charge >= 0.3 is 0 Å². The molecule has 0 radical (unpaired) electrons. The molecule has 1 unspecified atom stereocenters. The molecule has 8 nitrogen and oxygen atoms in total.